The number of aromatic nitrogens is 1. The van der Waals surface area contributed by atoms with E-state index in [1.165, 1.54) is 11.3 Å². The third kappa shape index (κ3) is 2.33. The smallest absolute Gasteiger partial charge is 0.243 e. The van der Waals surface area contributed by atoms with Crippen LogP contribution in [0.3, 0.4) is 0 Å². The maximum Gasteiger partial charge on any atom is 0.243 e. The van der Waals surface area contributed by atoms with Crippen LogP contribution in [0.1, 0.15) is 24.1 Å². The van der Waals surface area contributed by atoms with Crippen molar-refractivity contribution >= 4 is 17.2 Å². The molecule has 118 valence electrons. The molecule has 0 saturated carbocycles. The summed E-state index contributed by atoms with van der Waals surface area (Å²) in [6.07, 6.45) is 0. The minimum atomic E-state index is -1.04. The van der Waals surface area contributed by atoms with Gasteiger partial charge in [-0.2, -0.15) is 5.26 Å². The van der Waals surface area contributed by atoms with E-state index >= 15 is 0 Å². The summed E-state index contributed by atoms with van der Waals surface area (Å²) in [7, 11) is 0. The molecule has 3 rings (SSSR count). The summed E-state index contributed by atoms with van der Waals surface area (Å²) in [6, 6.07) is 11.7. The second-order valence-corrected chi connectivity index (χ2v) is 6.62. The van der Waals surface area contributed by atoms with Crippen molar-refractivity contribution in [2.45, 2.75) is 18.4 Å². The number of rotatable bonds is 4. The maximum absolute atomic E-state index is 12.7. The number of amides is 1. The van der Waals surface area contributed by atoms with Gasteiger partial charge in [-0.25, -0.2) is 4.98 Å². The molecule has 1 amide bonds. The second kappa shape index (κ2) is 6.11. The van der Waals surface area contributed by atoms with Gasteiger partial charge in [0, 0.05) is 17.8 Å². The van der Waals surface area contributed by atoms with Crippen LogP contribution < -0.4 is 5.73 Å². The maximum atomic E-state index is 12.7. The number of carbonyl (C=O) groups is 1. The van der Waals surface area contributed by atoms with E-state index in [4.69, 9.17) is 5.73 Å². The first-order valence-electron chi connectivity index (χ1n) is 7.47. The summed E-state index contributed by atoms with van der Waals surface area (Å²) in [5.41, 5.74) is 8.35. The molecule has 2 N–H and O–H groups in total. The molecule has 2 heterocycles. The average Bonchev–Trinajstić information content (AvgIpc) is 3.14. The Kier molecular flexibility index (Phi) is 4.16. The van der Waals surface area contributed by atoms with Gasteiger partial charge in [0.15, 0.2) is 0 Å². The zero-order valence-electron chi connectivity index (χ0n) is 12.8. The van der Waals surface area contributed by atoms with Crippen molar-refractivity contribution in [1.82, 2.24) is 9.88 Å². The van der Waals surface area contributed by atoms with Crippen molar-refractivity contribution in [3.8, 4) is 6.07 Å². The zero-order valence-corrected chi connectivity index (χ0v) is 13.7. The van der Waals surface area contributed by atoms with Crippen LogP contribution in [0, 0.1) is 17.2 Å². The number of benzene rings is 1. The fourth-order valence-corrected chi connectivity index (χ4v) is 4.46. The van der Waals surface area contributed by atoms with E-state index in [2.05, 4.69) is 18.0 Å². The highest BCUT2D eigenvalue weighted by molar-refractivity contribution is 7.07. The van der Waals surface area contributed by atoms with Crippen molar-refractivity contribution in [3.63, 3.8) is 0 Å². The first kappa shape index (κ1) is 15.7. The molecule has 0 radical (unpaired) electrons. The predicted molar refractivity (Wildman–Crippen MR) is 88.5 cm³/mol. The fraction of sp³-hybridized carbons (Fsp3) is 0.353. The molecule has 23 heavy (non-hydrogen) atoms. The Balaban J connectivity index is 2.25. The minimum absolute atomic E-state index is 0.156. The topological polar surface area (TPSA) is 83.0 Å². The van der Waals surface area contributed by atoms with Crippen LogP contribution in [0.15, 0.2) is 41.2 Å². The number of hydrogen-bond donors (Lipinski definition) is 1. The standard InChI is InChI=1S/C17H18N4OS/c1-12-9-21(8-7-18)17(16(19)22,13-5-3-2-4-6-13)15(12)14-10-23-11-20-14/h2-6,10-12,15H,8-9H2,1H3,(H2,19,22)/t12-,15?,17+/m1/s1. The first-order valence-corrected chi connectivity index (χ1v) is 8.42. The third-order valence-electron chi connectivity index (χ3n) is 4.65. The highest BCUT2D eigenvalue weighted by Crippen LogP contribution is 2.51. The average molecular weight is 326 g/mol. The molecule has 5 nitrogen and oxygen atoms in total. The molecule has 1 unspecified atom stereocenters. The van der Waals surface area contributed by atoms with Crippen molar-refractivity contribution in [2.24, 2.45) is 11.7 Å². The van der Waals surface area contributed by atoms with Gasteiger partial charge in [0.1, 0.15) is 5.54 Å². The minimum Gasteiger partial charge on any atom is -0.368 e. The van der Waals surface area contributed by atoms with Gasteiger partial charge in [0.2, 0.25) is 5.91 Å². The Morgan fingerprint density at radius 2 is 2.26 bits per heavy atom. The van der Waals surface area contributed by atoms with Crippen molar-refractivity contribution in [2.75, 3.05) is 13.1 Å². The van der Waals surface area contributed by atoms with Crippen LogP contribution in [0.5, 0.6) is 0 Å². The van der Waals surface area contributed by atoms with E-state index in [1.807, 2.05) is 40.6 Å². The van der Waals surface area contributed by atoms with E-state index in [0.29, 0.717) is 6.54 Å². The van der Waals surface area contributed by atoms with Gasteiger partial charge >= 0.3 is 0 Å². The molecule has 0 spiro atoms. The van der Waals surface area contributed by atoms with E-state index < -0.39 is 11.4 Å². The number of hydrogen-bond acceptors (Lipinski definition) is 5. The quantitative estimate of drug-likeness (QED) is 0.872. The number of nitriles is 1. The van der Waals surface area contributed by atoms with E-state index in [9.17, 15) is 10.1 Å². The summed E-state index contributed by atoms with van der Waals surface area (Å²) in [5.74, 6) is -0.429. The van der Waals surface area contributed by atoms with Crippen LogP contribution in [0.2, 0.25) is 0 Å². The molecular weight excluding hydrogens is 308 g/mol. The lowest BCUT2D eigenvalue weighted by molar-refractivity contribution is -0.129. The van der Waals surface area contributed by atoms with Gasteiger partial charge < -0.3 is 5.73 Å². The van der Waals surface area contributed by atoms with Crippen LogP contribution in [-0.2, 0) is 10.3 Å². The van der Waals surface area contributed by atoms with E-state index in [0.717, 1.165) is 11.3 Å². The van der Waals surface area contributed by atoms with Gasteiger partial charge in [0.05, 0.1) is 23.8 Å². The number of nitrogens with zero attached hydrogens (tertiary/aromatic N) is 3. The van der Waals surface area contributed by atoms with Gasteiger partial charge in [-0.15, -0.1) is 11.3 Å². The van der Waals surface area contributed by atoms with Gasteiger partial charge in [-0.1, -0.05) is 37.3 Å². The van der Waals surface area contributed by atoms with Crippen molar-refractivity contribution in [3.05, 3.63) is 52.5 Å². The molecule has 1 aromatic carbocycles. The summed E-state index contributed by atoms with van der Waals surface area (Å²) in [6.45, 7) is 2.87. The Bertz CT molecular complexity index is 725. The summed E-state index contributed by atoms with van der Waals surface area (Å²) in [4.78, 5) is 19.1. The Hall–Kier alpha value is -2.23. The number of nitrogens with two attached hydrogens (primary N) is 1. The van der Waals surface area contributed by atoms with Crippen molar-refractivity contribution < 1.29 is 4.79 Å². The SMILES string of the molecule is C[C@@H]1CN(CC#N)[C@@](C(N)=O)(c2ccccc2)C1c1cscn1. The van der Waals surface area contributed by atoms with Crippen LogP contribution in [0.4, 0.5) is 0 Å². The number of primary amides is 1. The Morgan fingerprint density at radius 3 is 2.83 bits per heavy atom. The molecular formula is C17H18N4OS. The normalized spacial score (nSPS) is 27.7. The molecule has 3 atom stereocenters. The number of carbonyl (C=O) groups excluding carboxylic acids is 1. The lowest BCUT2D eigenvalue weighted by atomic mass is 9.73. The molecule has 0 bridgehead atoms. The first-order chi connectivity index (χ1) is 11.1. The monoisotopic (exact) mass is 326 g/mol. The van der Waals surface area contributed by atoms with Gasteiger partial charge in [-0.3, -0.25) is 9.69 Å². The van der Waals surface area contributed by atoms with E-state index in [-0.39, 0.29) is 18.4 Å². The largest absolute Gasteiger partial charge is 0.368 e. The van der Waals surface area contributed by atoms with Crippen LogP contribution in [-0.4, -0.2) is 28.9 Å². The van der Waals surface area contributed by atoms with E-state index in [1.54, 1.807) is 5.51 Å². The predicted octanol–water partition coefficient (Wildman–Crippen LogP) is 2.08. The molecule has 0 aliphatic carbocycles. The molecule has 2 aromatic rings. The highest BCUT2D eigenvalue weighted by Gasteiger charge is 2.58. The zero-order chi connectivity index (χ0) is 16.4. The van der Waals surface area contributed by atoms with Gasteiger partial charge in [-0.05, 0) is 11.5 Å². The fourth-order valence-electron chi connectivity index (χ4n) is 3.87. The number of likely N-dealkylation sites (tertiary alicyclic amines) is 1. The molecule has 1 aliphatic heterocycles. The third-order valence-corrected chi connectivity index (χ3v) is 5.25. The lowest BCUT2D eigenvalue weighted by Crippen LogP contribution is -2.54. The molecule has 1 fully saturated rings. The Labute approximate surface area is 139 Å². The van der Waals surface area contributed by atoms with Gasteiger partial charge in [0.25, 0.3) is 0 Å². The highest BCUT2D eigenvalue weighted by atomic mass is 32.1. The lowest BCUT2D eigenvalue weighted by Gasteiger charge is -2.39. The number of thiazole rings is 1. The van der Waals surface area contributed by atoms with Crippen molar-refractivity contribution in [1.29, 1.82) is 5.26 Å². The Morgan fingerprint density at radius 1 is 1.52 bits per heavy atom. The summed E-state index contributed by atoms with van der Waals surface area (Å²) in [5, 5.41) is 11.2. The molecule has 1 aromatic heterocycles. The van der Waals surface area contributed by atoms with Crippen LogP contribution in [0.25, 0.3) is 0 Å². The van der Waals surface area contributed by atoms with Crippen LogP contribution >= 0.6 is 11.3 Å². The molecule has 6 heteroatoms. The summed E-state index contributed by atoms with van der Waals surface area (Å²) < 4.78 is 0. The molecule has 1 saturated heterocycles. The molecule has 1 aliphatic rings. The summed E-state index contributed by atoms with van der Waals surface area (Å²) >= 11 is 1.50. The second-order valence-electron chi connectivity index (χ2n) is 5.90.